The van der Waals surface area contributed by atoms with Crippen molar-refractivity contribution in [3.05, 3.63) is 71.8 Å². The van der Waals surface area contributed by atoms with Gasteiger partial charge in [-0.05, 0) is 24.3 Å². The molecule has 0 fully saturated rings. The van der Waals surface area contributed by atoms with Gasteiger partial charge in [0, 0.05) is 25.7 Å². The number of benzene rings is 1. The number of nitrogens with zero attached hydrogens (tertiary/aromatic N) is 5. The van der Waals surface area contributed by atoms with Gasteiger partial charge in [0.15, 0.2) is 5.16 Å². The first kappa shape index (κ1) is 22.2. The number of allylic oxidation sites excluding steroid dienone is 1. The second-order valence-corrected chi connectivity index (χ2v) is 7.96. The zero-order valence-corrected chi connectivity index (χ0v) is 18.4. The Morgan fingerprint density at radius 3 is 2.76 bits per heavy atom. The largest absolute Gasteiger partial charge is 0.355 e. The van der Waals surface area contributed by atoms with Gasteiger partial charge in [0.05, 0.1) is 28.5 Å². The number of carbonyl (C=O) groups excluding carboxylic acids is 2. The maximum atomic E-state index is 12.8. The minimum Gasteiger partial charge on any atom is -0.355 e. The van der Waals surface area contributed by atoms with Crippen LogP contribution >= 0.6 is 11.8 Å². The van der Waals surface area contributed by atoms with Crippen molar-refractivity contribution in [3.63, 3.8) is 0 Å². The third-order valence-corrected chi connectivity index (χ3v) is 5.67. The zero-order chi connectivity index (χ0) is 23.2. The van der Waals surface area contributed by atoms with Gasteiger partial charge in [0.25, 0.3) is 5.56 Å². The molecule has 10 nitrogen and oxygen atoms in total. The van der Waals surface area contributed by atoms with Crippen LogP contribution in [0.25, 0.3) is 16.7 Å². The van der Waals surface area contributed by atoms with Gasteiger partial charge in [0.2, 0.25) is 17.6 Å². The van der Waals surface area contributed by atoms with E-state index in [2.05, 4.69) is 32.4 Å². The Morgan fingerprint density at radius 2 is 1.97 bits per heavy atom. The molecular formula is C22H21N7O3S. The maximum absolute atomic E-state index is 12.8. The predicted octanol–water partition coefficient (Wildman–Crippen LogP) is 1.86. The number of carbonyl (C=O) groups is 2. The number of nitrogens with one attached hydrogen (secondary N) is 2. The quantitative estimate of drug-likeness (QED) is 0.287. The van der Waals surface area contributed by atoms with E-state index in [-0.39, 0.29) is 42.6 Å². The summed E-state index contributed by atoms with van der Waals surface area (Å²) in [5.74, 6) is 0.00853. The highest BCUT2D eigenvalue weighted by molar-refractivity contribution is 7.99. The second-order valence-electron chi connectivity index (χ2n) is 7.02. The summed E-state index contributed by atoms with van der Waals surface area (Å²) in [7, 11) is 0. The lowest BCUT2D eigenvalue weighted by molar-refractivity contribution is -0.119. The van der Waals surface area contributed by atoms with Gasteiger partial charge in [0.1, 0.15) is 0 Å². The maximum Gasteiger partial charge on any atom is 0.263 e. The SMILES string of the molecule is C=CCn1c(=O)c2ccccc2n2c(SCC(=O)NCCC(=O)Nc3cccnc3)nnc12. The molecule has 4 rings (SSSR count). The number of anilines is 1. The highest BCUT2D eigenvalue weighted by atomic mass is 32.2. The number of fused-ring (bicyclic) bond motifs is 3. The molecule has 0 aliphatic carbocycles. The van der Waals surface area contributed by atoms with E-state index in [0.29, 0.717) is 27.5 Å². The summed E-state index contributed by atoms with van der Waals surface area (Å²) in [4.78, 5) is 41.0. The Balaban J connectivity index is 1.41. The van der Waals surface area contributed by atoms with Crippen molar-refractivity contribution in [2.45, 2.75) is 18.1 Å². The Labute approximate surface area is 192 Å². The Hall–Kier alpha value is -3.99. The van der Waals surface area contributed by atoms with Gasteiger partial charge in [-0.1, -0.05) is 30.0 Å². The standard InChI is InChI=1S/C22H21N7O3S/c1-2-12-28-20(32)16-7-3-4-8-17(16)29-21(28)26-27-22(29)33-14-19(31)24-11-9-18(30)25-15-6-5-10-23-13-15/h2-8,10,13H,1,9,11-12,14H2,(H,24,31)(H,25,30). The first-order chi connectivity index (χ1) is 16.1. The molecule has 33 heavy (non-hydrogen) atoms. The van der Waals surface area contributed by atoms with Crippen molar-refractivity contribution >= 4 is 45.9 Å². The molecule has 0 bridgehead atoms. The van der Waals surface area contributed by atoms with E-state index >= 15 is 0 Å². The molecule has 0 aliphatic rings. The second kappa shape index (κ2) is 10.1. The number of para-hydroxylation sites is 1. The summed E-state index contributed by atoms with van der Waals surface area (Å²) >= 11 is 1.20. The van der Waals surface area contributed by atoms with Crippen molar-refractivity contribution in [2.75, 3.05) is 17.6 Å². The molecule has 4 aromatic rings. The van der Waals surface area contributed by atoms with Crippen LogP contribution in [-0.2, 0) is 16.1 Å². The highest BCUT2D eigenvalue weighted by Gasteiger charge is 2.17. The number of hydrogen-bond donors (Lipinski definition) is 2. The van der Waals surface area contributed by atoms with Gasteiger partial charge in [-0.3, -0.25) is 28.3 Å². The van der Waals surface area contributed by atoms with Gasteiger partial charge in [-0.15, -0.1) is 16.8 Å². The Morgan fingerprint density at radius 1 is 1.12 bits per heavy atom. The first-order valence-corrected chi connectivity index (χ1v) is 11.1. The van der Waals surface area contributed by atoms with Gasteiger partial charge in [-0.25, -0.2) is 0 Å². The lowest BCUT2D eigenvalue weighted by Crippen LogP contribution is -2.29. The molecule has 3 heterocycles. The van der Waals surface area contributed by atoms with Crippen LogP contribution in [0.15, 0.2) is 71.4 Å². The van der Waals surface area contributed by atoms with E-state index in [0.717, 1.165) is 0 Å². The topological polar surface area (TPSA) is 123 Å². The monoisotopic (exact) mass is 463 g/mol. The summed E-state index contributed by atoms with van der Waals surface area (Å²) in [6.07, 6.45) is 4.93. The number of rotatable bonds is 9. The van der Waals surface area contributed by atoms with Crippen molar-refractivity contribution < 1.29 is 9.59 Å². The molecule has 3 aromatic heterocycles. The molecule has 1 aromatic carbocycles. The first-order valence-electron chi connectivity index (χ1n) is 10.2. The molecular weight excluding hydrogens is 442 g/mol. The van der Waals surface area contributed by atoms with Crippen LogP contribution in [0.5, 0.6) is 0 Å². The smallest absolute Gasteiger partial charge is 0.263 e. The predicted molar refractivity (Wildman–Crippen MR) is 126 cm³/mol. The van der Waals surface area contributed by atoms with Crippen LogP contribution in [0.1, 0.15) is 6.42 Å². The van der Waals surface area contributed by atoms with Crippen molar-refractivity contribution in [1.82, 2.24) is 29.5 Å². The molecule has 0 spiro atoms. The van der Waals surface area contributed by atoms with Crippen LogP contribution in [-0.4, -0.2) is 48.3 Å². The molecule has 0 radical (unpaired) electrons. The molecule has 0 aliphatic heterocycles. The normalized spacial score (nSPS) is 10.9. The Kier molecular flexibility index (Phi) is 6.79. The van der Waals surface area contributed by atoms with E-state index in [1.807, 2.05) is 12.1 Å². The molecule has 0 saturated carbocycles. The molecule has 0 saturated heterocycles. The van der Waals surface area contributed by atoms with Crippen LogP contribution in [0, 0.1) is 0 Å². The molecule has 2 amide bonds. The van der Waals surface area contributed by atoms with Crippen molar-refractivity contribution in [3.8, 4) is 0 Å². The Bertz CT molecular complexity index is 1380. The van der Waals surface area contributed by atoms with Gasteiger partial charge in [-0.2, -0.15) is 0 Å². The summed E-state index contributed by atoms with van der Waals surface area (Å²) in [6.45, 7) is 4.20. The highest BCUT2D eigenvalue weighted by Crippen LogP contribution is 2.21. The van der Waals surface area contributed by atoms with Crippen LogP contribution < -0.4 is 16.2 Å². The van der Waals surface area contributed by atoms with Crippen molar-refractivity contribution in [2.24, 2.45) is 0 Å². The molecule has 0 unspecified atom stereocenters. The van der Waals surface area contributed by atoms with E-state index < -0.39 is 0 Å². The van der Waals surface area contributed by atoms with Crippen molar-refractivity contribution in [1.29, 1.82) is 0 Å². The summed E-state index contributed by atoms with van der Waals surface area (Å²) in [5, 5.41) is 14.8. The average Bonchev–Trinajstić information content (AvgIpc) is 3.25. The van der Waals surface area contributed by atoms with Gasteiger partial charge < -0.3 is 10.6 Å². The van der Waals surface area contributed by atoms with Crippen LogP contribution in [0.4, 0.5) is 5.69 Å². The average molecular weight is 464 g/mol. The van der Waals surface area contributed by atoms with E-state index in [1.165, 1.54) is 16.3 Å². The summed E-state index contributed by atoms with van der Waals surface area (Å²) < 4.78 is 3.26. The lowest BCUT2D eigenvalue weighted by Gasteiger charge is -2.09. The fourth-order valence-electron chi connectivity index (χ4n) is 3.28. The number of amides is 2. The van der Waals surface area contributed by atoms with Crippen LogP contribution in [0.2, 0.25) is 0 Å². The molecule has 0 atom stereocenters. The summed E-state index contributed by atoms with van der Waals surface area (Å²) in [5.41, 5.74) is 1.09. The summed E-state index contributed by atoms with van der Waals surface area (Å²) in [6, 6.07) is 10.6. The number of hydrogen-bond acceptors (Lipinski definition) is 7. The minimum atomic E-state index is -0.241. The molecule has 168 valence electrons. The molecule has 11 heteroatoms. The fraction of sp³-hybridized carbons (Fsp3) is 0.182. The molecule has 2 N–H and O–H groups in total. The number of pyridine rings is 1. The lowest BCUT2D eigenvalue weighted by atomic mass is 10.2. The fourth-order valence-corrected chi connectivity index (χ4v) is 4.05. The number of thioether (sulfide) groups is 1. The number of aromatic nitrogens is 5. The van der Waals surface area contributed by atoms with E-state index in [4.69, 9.17) is 0 Å². The van der Waals surface area contributed by atoms with Gasteiger partial charge >= 0.3 is 0 Å². The minimum absolute atomic E-state index is 0.0833. The zero-order valence-electron chi connectivity index (χ0n) is 17.6. The van der Waals surface area contributed by atoms with Crippen LogP contribution in [0.3, 0.4) is 0 Å². The van der Waals surface area contributed by atoms with E-state index in [1.54, 1.807) is 47.1 Å². The third kappa shape index (κ3) is 4.93. The third-order valence-electron chi connectivity index (χ3n) is 4.74. The van der Waals surface area contributed by atoms with E-state index in [9.17, 15) is 14.4 Å².